The molecule has 1 aromatic rings. The van der Waals surface area contributed by atoms with Crippen molar-refractivity contribution in [2.24, 2.45) is 10.7 Å². The largest absolute Gasteiger partial charge is 0.488 e. The molecule has 0 amide bonds. The number of nitrogens with zero attached hydrogens (tertiary/aromatic N) is 1. The number of halogens is 1. The van der Waals surface area contributed by atoms with Crippen LogP contribution in [0.1, 0.15) is 0 Å². The van der Waals surface area contributed by atoms with Gasteiger partial charge in [-0.1, -0.05) is 11.6 Å². The molecule has 0 spiro atoms. The second kappa shape index (κ2) is 4.38. The number of hydrogen-bond acceptors (Lipinski definition) is 5. The minimum atomic E-state index is -3.61. The number of amidine groups is 1. The molecule has 1 aliphatic heterocycles. The molecule has 1 aliphatic rings. The Balaban J connectivity index is 2.04. The van der Waals surface area contributed by atoms with Crippen LogP contribution >= 0.6 is 11.6 Å². The third-order valence-electron chi connectivity index (χ3n) is 2.15. The molecule has 0 unspecified atom stereocenters. The molecule has 1 aromatic carbocycles. The quantitative estimate of drug-likeness (QED) is 0.899. The lowest BCUT2D eigenvalue weighted by atomic mass is 10.3. The van der Waals surface area contributed by atoms with Gasteiger partial charge in [0.15, 0.2) is 0 Å². The highest BCUT2D eigenvalue weighted by atomic mass is 35.5. The van der Waals surface area contributed by atoms with Gasteiger partial charge in [0.2, 0.25) is 15.0 Å². The van der Waals surface area contributed by atoms with Crippen molar-refractivity contribution in [1.82, 2.24) is 0 Å². The lowest BCUT2D eigenvalue weighted by Gasteiger charge is -2.06. The fraction of sp³-hybridized carbons (Fsp3) is 0.100. The standard InChI is InChI=1S/C10H9ClN2O3S/c11-7-1-3-8(4-2-7)16-6-9-5-13-10(12)17(9,14)15/h1-5H,6H2,(H2,12,13). The number of hydrogen-bond donors (Lipinski definition) is 1. The Morgan fingerprint density at radius 2 is 1.94 bits per heavy atom. The maximum Gasteiger partial charge on any atom is 0.240 e. The molecule has 5 nitrogen and oxygen atoms in total. The fourth-order valence-corrected chi connectivity index (χ4v) is 2.20. The van der Waals surface area contributed by atoms with E-state index < -0.39 is 15.0 Å². The summed E-state index contributed by atoms with van der Waals surface area (Å²) in [5.41, 5.74) is 5.23. The number of nitrogens with two attached hydrogens (primary N) is 1. The summed E-state index contributed by atoms with van der Waals surface area (Å²) in [4.78, 5) is 3.59. The number of rotatable bonds is 3. The lowest BCUT2D eigenvalue weighted by Crippen LogP contribution is -2.23. The first-order chi connectivity index (χ1) is 8.00. The predicted molar refractivity (Wildman–Crippen MR) is 65.6 cm³/mol. The average Bonchev–Trinajstić information content (AvgIpc) is 2.54. The van der Waals surface area contributed by atoms with Crippen LogP contribution in [0.3, 0.4) is 0 Å². The molecule has 17 heavy (non-hydrogen) atoms. The smallest absolute Gasteiger partial charge is 0.240 e. The van der Waals surface area contributed by atoms with Gasteiger partial charge < -0.3 is 10.5 Å². The van der Waals surface area contributed by atoms with Gasteiger partial charge in [0.1, 0.15) is 17.3 Å². The van der Waals surface area contributed by atoms with Gasteiger partial charge >= 0.3 is 0 Å². The second-order valence-corrected chi connectivity index (χ2v) is 5.69. The number of aliphatic imine (C=N–C) groups is 1. The first-order valence-electron chi connectivity index (χ1n) is 4.66. The van der Waals surface area contributed by atoms with E-state index in [4.69, 9.17) is 22.1 Å². The van der Waals surface area contributed by atoms with E-state index in [1.165, 1.54) is 6.20 Å². The van der Waals surface area contributed by atoms with E-state index >= 15 is 0 Å². The van der Waals surface area contributed by atoms with Crippen molar-refractivity contribution < 1.29 is 13.2 Å². The molecule has 0 aliphatic carbocycles. The van der Waals surface area contributed by atoms with Crippen molar-refractivity contribution in [2.45, 2.75) is 0 Å². The van der Waals surface area contributed by atoms with E-state index in [1.807, 2.05) is 0 Å². The Bertz CT molecular complexity index is 590. The molecule has 0 aromatic heterocycles. The van der Waals surface area contributed by atoms with Crippen molar-refractivity contribution in [1.29, 1.82) is 0 Å². The Morgan fingerprint density at radius 3 is 2.47 bits per heavy atom. The summed E-state index contributed by atoms with van der Waals surface area (Å²) in [6.45, 7) is -0.103. The van der Waals surface area contributed by atoms with E-state index in [0.29, 0.717) is 10.8 Å². The van der Waals surface area contributed by atoms with Crippen LogP contribution in [0.15, 0.2) is 40.4 Å². The minimum Gasteiger partial charge on any atom is -0.488 e. The van der Waals surface area contributed by atoms with Gasteiger partial charge in [-0.3, -0.25) is 0 Å². The Hall–Kier alpha value is -1.53. The zero-order chi connectivity index (χ0) is 12.5. The highest BCUT2D eigenvalue weighted by Crippen LogP contribution is 2.19. The fourth-order valence-electron chi connectivity index (χ4n) is 1.21. The second-order valence-electron chi connectivity index (χ2n) is 3.31. The van der Waals surface area contributed by atoms with Crippen LogP contribution in [0.5, 0.6) is 5.75 Å². The molecule has 0 bridgehead atoms. The first-order valence-corrected chi connectivity index (χ1v) is 6.52. The van der Waals surface area contributed by atoms with Gasteiger partial charge in [-0.2, -0.15) is 0 Å². The van der Waals surface area contributed by atoms with Crippen molar-refractivity contribution in [3.05, 3.63) is 40.4 Å². The highest BCUT2D eigenvalue weighted by Gasteiger charge is 2.27. The van der Waals surface area contributed by atoms with Crippen molar-refractivity contribution in [2.75, 3.05) is 6.61 Å². The van der Waals surface area contributed by atoms with Crippen LogP contribution in [-0.2, 0) is 9.84 Å². The van der Waals surface area contributed by atoms with Crippen molar-refractivity contribution >= 4 is 26.6 Å². The van der Waals surface area contributed by atoms with Crippen LogP contribution in [0.4, 0.5) is 0 Å². The molecule has 0 fully saturated rings. The summed E-state index contributed by atoms with van der Waals surface area (Å²) in [5.74, 6) is 0.524. The minimum absolute atomic E-state index is 0.0463. The van der Waals surface area contributed by atoms with E-state index in [1.54, 1.807) is 24.3 Å². The van der Waals surface area contributed by atoms with Crippen LogP contribution in [0, 0.1) is 0 Å². The summed E-state index contributed by atoms with van der Waals surface area (Å²) in [5, 5.41) is 0.185. The zero-order valence-corrected chi connectivity index (χ0v) is 10.2. The van der Waals surface area contributed by atoms with Crippen LogP contribution in [0.25, 0.3) is 0 Å². The van der Waals surface area contributed by atoms with Gasteiger partial charge in [0.25, 0.3) is 0 Å². The molecular formula is C10H9ClN2O3S. The van der Waals surface area contributed by atoms with Gasteiger partial charge in [-0.15, -0.1) is 0 Å². The van der Waals surface area contributed by atoms with Crippen LogP contribution < -0.4 is 10.5 Å². The van der Waals surface area contributed by atoms with Crippen molar-refractivity contribution in [3.8, 4) is 5.75 Å². The van der Waals surface area contributed by atoms with E-state index in [2.05, 4.69) is 4.99 Å². The molecule has 0 saturated carbocycles. The lowest BCUT2D eigenvalue weighted by molar-refractivity contribution is 0.358. The SMILES string of the molecule is NC1=NC=C(COc2ccc(Cl)cc2)S1(=O)=O. The van der Waals surface area contributed by atoms with Gasteiger partial charge in [-0.05, 0) is 24.3 Å². The van der Waals surface area contributed by atoms with E-state index in [0.717, 1.165) is 0 Å². The van der Waals surface area contributed by atoms with Gasteiger partial charge in [0, 0.05) is 11.2 Å². The average molecular weight is 273 g/mol. The van der Waals surface area contributed by atoms with Crippen LogP contribution in [-0.4, -0.2) is 20.2 Å². The summed E-state index contributed by atoms with van der Waals surface area (Å²) in [6, 6.07) is 6.60. The van der Waals surface area contributed by atoms with Crippen LogP contribution in [0.2, 0.25) is 5.02 Å². The number of sulfone groups is 1. The maximum atomic E-state index is 11.5. The molecule has 0 radical (unpaired) electrons. The Morgan fingerprint density at radius 1 is 1.29 bits per heavy atom. The normalized spacial score (nSPS) is 17.5. The molecular weight excluding hydrogens is 264 g/mol. The van der Waals surface area contributed by atoms with E-state index in [-0.39, 0.29) is 11.5 Å². The van der Waals surface area contributed by atoms with Gasteiger partial charge in [-0.25, -0.2) is 13.4 Å². The van der Waals surface area contributed by atoms with Crippen molar-refractivity contribution in [3.63, 3.8) is 0 Å². The molecule has 0 saturated heterocycles. The molecule has 2 rings (SSSR count). The van der Waals surface area contributed by atoms with E-state index in [9.17, 15) is 8.42 Å². The summed E-state index contributed by atoms with van der Waals surface area (Å²) >= 11 is 5.71. The molecule has 90 valence electrons. The predicted octanol–water partition coefficient (Wildman–Crippen LogP) is 1.30. The monoisotopic (exact) mass is 272 g/mol. The molecule has 7 heteroatoms. The Labute approximate surface area is 103 Å². The Kier molecular flexibility index (Phi) is 3.08. The summed E-state index contributed by atoms with van der Waals surface area (Å²) < 4.78 is 28.4. The molecule has 1 heterocycles. The number of benzene rings is 1. The third-order valence-corrected chi connectivity index (χ3v) is 3.97. The molecule has 2 N–H and O–H groups in total. The first kappa shape index (κ1) is 11.9. The maximum absolute atomic E-state index is 11.5. The van der Waals surface area contributed by atoms with Gasteiger partial charge in [0.05, 0.1) is 0 Å². The highest BCUT2D eigenvalue weighted by molar-refractivity contribution is 8.09. The molecule has 0 atom stereocenters. The number of ether oxygens (including phenoxy) is 1. The zero-order valence-electron chi connectivity index (χ0n) is 8.63. The topological polar surface area (TPSA) is 81.8 Å². The summed E-state index contributed by atoms with van der Waals surface area (Å²) in [7, 11) is -3.61. The third kappa shape index (κ3) is 2.42. The summed E-state index contributed by atoms with van der Waals surface area (Å²) in [6.07, 6.45) is 1.20.